The summed E-state index contributed by atoms with van der Waals surface area (Å²) >= 11 is 0. The van der Waals surface area contributed by atoms with E-state index in [9.17, 15) is 33.9 Å². The Kier molecular flexibility index (Phi) is 14.8. The Labute approximate surface area is 305 Å². The predicted molar refractivity (Wildman–Crippen MR) is 194 cm³/mol. The molecule has 2 saturated heterocycles. The Morgan fingerprint density at radius 3 is 2.29 bits per heavy atom. The Hall–Kier alpha value is -4.69. The first kappa shape index (κ1) is 40.1. The summed E-state index contributed by atoms with van der Waals surface area (Å²) in [6, 6.07) is 5.35. The maximum atomic E-state index is 14.2. The summed E-state index contributed by atoms with van der Waals surface area (Å²) in [5, 5.41) is 20.5. The van der Waals surface area contributed by atoms with Crippen molar-refractivity contribution < 1.29 is 33.9 Å². The number of hydrogen-bond acceptors (Lipinski definition) is 7. The van der Waals surface area contributed by atoms with Gasteiger partial charge in [-0.2, -0.15) is 0 Å². The van der Waals surface area contributed by atoms with Gasteiger partial charge in [-0.15, -0.1) is 0 Å². The van der Waals surface area contributed by atoms with Crippen LogP contribution < -0.4 is 32.7 Å². The smallest absolute Gasteiger partial charge is 0.305 e. The fraction of sp³-hybridized carbons (Fsp3) is 0.649. The van der Waals surface area contributed by atoms with Crippen LogP contribution in [0.2, 0.25) is 0 Å². The zero-order chi connectivity index (χ0) is 37.8. The predicted octanol–water partition coefficient (Wildman–Crippen LogP) is 0.944. The summed E-state index contributed by atoms with van der Waals surface area (Å²) in [6.45, 7) is 4.20. The van der Waals surface area contributed by atoms with Crippen molar-refractivity contribution in [2.45, 2.75) is 121 Å². The monoisotopic (exact) mass is 724 g/mol. The molecular formula is C37H56N8O7. The van der Waals surface area contributed by atoms with Gasteiger partial charge in [-0.05, 0) is 68.8 Å². The number of carboxylic acid groups (broad SMARTS) is 1. The van der Waals surface area contributed by atoms with E-state index in [1.165, 1.54) is 0 Å². The fourth-order valence-electron chi connectivity index (χ4n) is 7.63. The SMILES string of the molecule is CC(C)CNC(=O)C(CC(=O)O)NC(=O)C(CCCN=C(N)N)NC(=O)C1CC(Cc2ccccc2)C2CCC(NC(=O)C3CCCCC3)C(=O)N12. The largest absolute Gasteiger partial charge is 0.481 e. The standard InChI is InChI=1S/C37H56N8O7/c1-22(2)21-41-33(49)28(20-31(46)47)44-34(50)26(14-9-17-40-37(38)39)42-35(51)30-19-25(18-23-10-5-3-6-11-23)29-16-15-27(36(52)45(29)30)43-32(48)24-12-7-4-8-13-24/h3,5-6,10-11,22,24-30H,4,7-9,12-21H2,1-2H3,(H,41,49)(H,42,51)(H,43,48)(H,44,50)(H,46,47)(H4,38,39,40). The summed E-state index contributed by atoms with van der Waals surface area (Å²) in [7, 11) is 0. The maximum Gasteiger partial charge on any atom is 0.305 e. The first-order valence-corrected chi connectivity index (χ1v) is 18.7. The van der Waals surface area contributed by atoms with Crippen molar-refractivity contribution in [2.24, 2.45) is 34.2 Å². The molecule has 52 heavy (non-hydrogen) atoms. The molecule has 0 aromatic heterocycles. The van der Waals surface area contributed by atoms with Crippen LogP contribution in [0.25, 0.3) is 0 Å². The number of benzene rings is 1. The number of fused-ring (bicyclic) bond motifs is 1. The van der Waals surface area contributed by atoms with Gasteiger partial charge in [0, 0.05) is 25.0 Å². The van der Waals surface area contributed by atoms with Gasteiger partial charge < -0.3 is 42.7 Å². The van der Waals surface area contributed by atoms with E-state index in [-0.39, 0.29) is 67.5 Å². The van der Waals surface area contributed by atoms with Crippen LogP contribution in [0.5, 0.6) is 0 Å². The third-order valence-electron chi connectivity index (χ3n) is 10.3. The van der Waals surface area contributed by atoms with Gasteiger partial charge in [0.15, 0.2) is 5.96 Å². The lowest BCUT2D eigenvalue weighted by Gasteiger charge is -2.39. The van der Waals surface area contributed by atoms with Crippen molar-refractivity contribution >= 4 is 41.5 Å². The number of guanidine groups is 1. The number of carbonyl (C=O) groups is 6. The van der Waals surface area contributed by atoms with E-state index in [1.807, 2.05) is 44.2 Å². The van der Waals surface area contributed by atoms with E-state index in [1.54, 1.807) is 4.90 Å². The minimum absolute atomic E-state index is 0.0455. The van der Waals surface area contributed by atoms with Gasteiger partial charge in [0.25, 0.3) is 0 Å². The molecule has 1 aromatic carbocycles. The first-order chi connectivity index (χ1) is 24.8. The van der Waals surface area contributed by atoms with E-state index in [4.69, 9.17) is 11.5 Å². The quantitative estimate of drug-likeness (QED) is 0.0687. The molecule has 5 amide bonds. The van der Waals surface area contributed by atoms with Crippen LogP contribution in [-0.2, 0) is 35.2 Å². The number of hydrogen-bond donors (Lipinski definition) is 7. The second-order valence-corrected chi connectivity index (χ2v) is 14.8. The van der Waals surface area contributed by atoms with Crippen LogP contribution in [0.3, 0.4) is 0 Å². The second-order valence-electron chi connectivity index (χ2n) is 14.8. The van der Waals surface area contributed by atoms with Gasteiger partial charge in [-0.25, -0.2) is 0 Å². The molecule has 3 fully saturated rings. The zero-order valence-corrected chi connectivity index (χ0v) is 30.4. The van der Waals surface area contributed by atoms with Crippen molar-refractivity contribution in [2.75, 3.05) is 13.1 Å². The Morgan fingerprint density at radius 2 is 1.63 bits per heavy atom. The summed E-state index contributed by atoms with van der Waals surface area (Å²) in [5.74, 6) is -3.89. The van der Waals surface area contributed by atoms with Crippen LogP contribution >= 0.6 is 0 Å². The molecule has 15 nitrogen and oxygen atoms in total. The maximum absolute atomic E-state index is 14.2. The van der Waals surface area contributed by atoms with Gasteiger partial charge in [0.2, 0.25) is 29.5 Å². The average Bonchev–Trinajstić information content (AvgIpc) is 3.48. The first-order valence-electron chi connectivity index (χ1n) is 18.7. The molecule has 4 rings (SSSR count). The Balaban J connectivity index is 1.55. The highest BCUT2D eigenvalue weighted by Gasteiger charge is 2.51. The summed E-state index contributed by atoms with van der Waals surface area (Å²) < 4.78 is 0. The molecule has 1 aromatic rings. The molecule has 3 aliphatic rings. The molecule has 6 atom stereocenters. The van der Waals surface area contributed by atoms with E-state index in [2.05, 4.69) is 26.3 Å². The number of nitrogens with one attached hydrogen (secondary N) is 4. The van der Waals surface area contributed by atoms with E-state index < -0.39 is 54.3 Å². The minimum Gasteiger partial charge on any atom is -0.481 e. The van der Waals surface area contributed by atoms with Crippen LogP contribution in [0.15, 0.2) is 35.3 Å². The lowest BCUT2D eigenvalue weighted by Crippen LogP contribution is -2.61. The topological polar surface area (TPSA) is 238 Å². The van der Waals surface area contributed by atoms with Crippen LogP contribution in [-0.4, -0.2) is 94.8 Å². The number of aliphatic carboxylic acids is 1. The van der Waals surface area contributed by atoms with Gasteiger partial charge >= 0.3 is 5.97 Å². The molecule has 286 valence electrons. The fourth-order valence-corrected chi connectivity index (χ4v) is 7.63. The molecule has 1 aliphatic carbocycles. The van der Waals surface area contributed by atoms with E-state index in [0.29, 0.717) is 25.7 Å². The van der Waals surface area contributed by atoms with E-state index >= 15 is 0 Å². The van der Waals surface area contributed by atoms with Crippen molar-refractivity contribution in [3.8, 4) is 0 Å². The second kappa shape index (κ2) is 19.2. The number of aliphatic imine (C=N–C) groups is 1. The van der Waals surface area contributed by atoms with Crippen molar-refractivity contribution in [1.29, 1.82) is 0 Å². The molecule has 2 heterocycles. The normalized spacial score (nSPS) is 22.8. The van der Waals surface area contributed by atoms with E-state index in [0.717, 1.165) is 37.7 Å². The molecule has 9 N–H and O–H groups in total. The van der Waals surface area contributed by atoms with Crippen LogP contribution in [0.4, 0.5) is 0 Å². The zero-order valence-electron chi connectivity index (χ0n) is 30.4. The van der Waals surface area contributed by atoms with Crippen molar-refractivity contribution in [3.05, 3.63) is 35.9 Å². The Morgan fingerprint density at radius 1 is 0.923 bits per heavy atom. The molecule has 0 bridgehead atoms. The highest BCUT2D eigenvalue weighted by Crippen LogP contribution is 2.39. The number of nitrogens with zero attached hydrogens (tertiary/aromatic N) is 2. The highest BCUT2D eigenvalue weighted by molar-refractivity contribution is 5.97. The highest BCUT2D eigenvalue weighted by atomic mass is 16.4. The molecule has 0 radical (unpaired) electrons. The molecular weight excluding hydrogens is 668 g/mol. The lowest BCUT2D eigenvalue weighted by atomic mass is 9.86. The summed E-state index contributed by atoms with van der Waals surface area (Å²) in [5.41, 5.74) is 12.0. The molecule has 15 heteroatoms. The average molecular weight is 725 g/mol. The number of amides is 5. The van der Waals surface area contributed by atoms with Gasteiger partial charge in [0.1, 0.15) is 24.2 Å². The molecule has 0 spiro atoms. The minimum atomic E-state index is -1.39. The van der Waals surface area contributed by atoms with Crippen molar-refractivity contribution in [1.82, 2.24) is 26.2 Å². The van der Waals surface area contributed by atoms with Gasteiger partial charge in [0.05, 0.1) is 6.42 Å². The Bertz CT molecular complexity index is 1440. The lowest BCUT2D eigenvalue weighted by molar-refractivity contribution is -0.147. The number of carboxylic acids is 1. The molecule has 6 unspecified atom stereocenters. The molecule has 2 aliphatic heterocycles. The number of carbonyl (C=O) groups excluding carboxylic acids is 5. The third-order valence-corrected chi connectivity index (χ3v) is 10.3. The molecule has 1 saturated carbocycles. The van der Waals surface area contributed by atoms with Gasteiger partial charge in [-0.1, -0.05) is 63.4 Å². The van der Waals surface area contributed by atoms with Gasteiger partial charge in [-0.3, -0.25) is 33.8 Å². The number of piperidine rings is 1. The third kappa shape index (κ3) is 11.4. The summed E-state index contributed by atoms with van der Waals surface area (Å²) in [6.07, 6.45) is 6.40. The number of nitrogens with two attached hydrogens (primary N) is 2. The van der Waals surface area contributed by atoms with Crippen LogP contribution in [0.1, 0.15) is 90.0 Å². The summed E-state index contributed by atoms with van der Waals surface area (Å²) in [4.78, 5) is 85.4. The number of rotatable bonds is 17. The van der Waals surface area contributed by atoms with Crippen LogP contribution in [0, 0.1) is 17.8 Å². The van der Waals surface area contributed by atoms with Crippen molar-refractivity contribution in [3.63, 3.8) is 0 Å².